The lowest BCUT2D eigenvalue weighted by molar-refractivity contribution is 0.0939. The second kappa shape index (κ2) is 9.91. The third-order valence-corrected chi connectivity index (χ3v) is 5.16. The molecule has 0 atom stereocenters. The number of rotatable bonds is 7. The van der Waals surface area contributed by atoms with Gasteiger partial charge in [-0.05, 0) is 61.4 Å². The fraction of sp³-hybridized carbons (Fsp3) is 0.154. The molecule has 4 aromatic rings. The lowest BCUT2D eigenvalue weighted by Gasteiger charge is -2.13. The third kappa shape index (κ3) is 4.98. The molecule has 0 radical (unpaired) electrons. The van der Waals surface area contributed by atoms with Gasteiger partial charge >= 0.3 is 5.91 Å². The van der Waals surface area contributed by atoms with Gasteiger partial charge in [0.05, 0.1) is 29.8 Å². The molecule has 0 aliphatic rings. The maximum absolute atomic E-state index is 13.2. The van der Waals surface area contributed by atoms with Gasteiger partial charge in [0, 0.05) is 0 Å². The van der Waals surface area contributed by atoms with Gasteiger partial charge in [0.1, 0.15) is 5.75 Å². The molecule has 0 aliphatic carbocycles. The summed E-state index contributed by atoms with van der Waals surface area (Å²) in [6.45, 7) is 4.53. The van der Waals surface area contributed by atoms with Crippen molar-refractivity contribution < 1.29 is 9.53 Å². The SMILES string of the molecule is CCOc1ccc(/C(C)=N\NC(=O)c2nc3ccccc3c(=O)n2Cc2ccccc2)cc1. The molecule has 7 heteroatoms. The van der Waals surface area contributed by atoms with Crippen LogP contribution in [-0.4, -0.2) is 27.8 Å². The number of carbonyl (C=O) groups excluding carboxylic acids is 1. The van der Waals surface area contributed by atoms with Crippen molar-refractivity contribution in [1.82, 2.24) is 15.0 Å². The van der Waals surface area contributed by atoms with Gasteiger partial charge in [-0.25, -0.2) is 10.4 Å². The molecule has 0 fully saturated rings. The summed E-state index contributed by atoms with van der Waals surface area (Å²) >= 11 is 0. The maximum Gasteiger partial charge on any atom is 0.307 e. The molecule has 0 unspecified atom stereocenters. The first-order chi connectivity index (χ1) is 16.1. The van der Waals surface area contributed by atoms with E-state index < -0.39 is 5.91 Å². The van der Waals surface area contributed by atoms with Gasteiger partial charge in [-0.15, -0.1) is 0 Å². The van der Waals surface area contributed by atoms with Crippen molar-refractivity contribution in [2.24, 2.45) is 5.10 Å². The number of para-hydroxylation sites is 1. The van der Waals surface area contributed by atoms with Crippen LogP contribution in [0.15, 0.2) is 88.8 Å². The normalized spacial score (nSPS) is 11.4. The fourth-order valence-electron chi connectivity index (χ4n) is 3.46. The van der Waals surface area contributed by atoms with E-state index in [0.717, 1.165) is 16.9 Å². The van der Waals surface area contributed by atoms with E-state index in [2.05, 4.69) is 15.5 Å². The van der Waals surface area contributed by atoms with E-state index in [-0.39, 0.29) is 17.9 Å². The second-order valence-electron chi connectivity index (χ2n) is 7.42. The molecular weight excluding hydrogens is 416 g/mol. The van der Waals surface area contributed by atoms with Gasteiger partial charge in [0.2, 0.25) is 5.82 Å². The Hall–Kier alpha value is -4.26. The molecule has 3 aromatic carbocycles. The lowest BCUT2D eigenvalue weighted by Crippen LogP contribution is -2.32. The van der Waals surface area contributed by atoms with Crippen LogP contribution in [-0.2, 0) is 6.54 Å². The van der Waals surface area contributed by atoms with Gasteiger partial charge in [0.25, 0.3) is 5.56 Å². The molecule has 1 aromatic heterocycles. The molecule has 0 aliphatic heterocycles. The molecule has 1 amide bonds. The number of hydrogen-bond donors (Lipinski definition) is 1. The van der Waals surface area contributed by atoms with Gasteiger partial charge in [-0.3, -0.25) is 14.2 Å². The van der Waals surface area contributed by atoms with Crippen LogP contribution in [0.5, 0.6) is 5.75 Å². The van der Waals surface area contributed by atoms with E-state index in [1.165, 1.54) is 4.57 Å². The van der Waals surface area contributed by atoms with Crippen molar-refractivity contribution >= 4 is 22.5 Å². The molecule has 4 rings (SSSR count). The Morgan fingerprint density at radius 2 is 1.70 bits per heavy atom. The van der Waals surface area contributed by atoms with E-state index in [4.69, 9.17) is 4.74 Å². The Kier molecular flexibility index (Phi) is 6.59. The van der Waals surface area contributed by atoms with Crippen LogP contribution in [0.4, 0.5) is 0 Å². The number of aromatic nitrogens is 2. The number of hydrazone groups is 1. The lowest BCUT2D eigenvalue weighted by atomic mass is 10.1. The first-order valence-corrected chi connectivity index (χ1v) is 10.7. The fourth-order valence-corrected chi connectivity index (χ4v) is 3.46. The third-order valence-electron chi connectivity index (χ3n) is 5.16. The first kappa shape index (κ1) is 22.0. The number of hydrogen-bond acceptors (Lipinski definition) is 5. The number of carbonyl (C=O) groups is 1. The standard InChI is InChI=1S/C26H24N4O3/c1-3-33-21-15-13-20(14-16-21)18(2)28-29-25(31)24-27-23-12-8-7-11-22(23)26(32)30(24)17-19-9-5-4-6-10-19/h4-16H,3,17H2,1-2H3,(H,29,31)/b28-18-. The zero-order valence-electron chi connectivity index (χ0n) is 18.5. The van der Waals surface area contributed by atoms with Crippen LogP contribution in [0.2, 0.25) is 0 Å². The van der Waals surface area contributed by atoms with Crippen molar-refractivity contribution in [1.29, 1.82) is 0 Å². The summed E-state index contributed by atoms with van der Waals surface area (Å²) in [4.78, 5) is 30.7. The Bertz CT molecular complexity index is 1360. The Balaban J connectivity index is 1.66. The summed E-state index contributed by atoms with van der Waals surface area (Å²) in [5, 5.41) is 4.68. The van der Waals surface area contributed by atoms with Crippen LogP contribution < -0.4 is 15.7 Å². The highest BCUT2D eigenvalue weighted by Gasteiger charge is 2.18. The molecule has 1 heterocycles. The maximum atomic E-state index is 13.2. The van der Waals surface area contributed by atoms with Crippen LogP contribution in [0.25, 0.3) is 10.9 Å². The van der Waals surface area contributed by atoms with Crippen molar-refractivity contribution in [3.63, 3.8) is 0 Å². The number of benzene rings is 3. The monoisotopic (exact) mass is 440 g/mol. The van der Waals surface area contributed by atoms with E-state index >= 15 is 0 Å². The summed E-state index contributed by atoms with van der Waals surface area (Å²) in [5.74, 6) is 0.216. The first-order valence-electron chi connectivity index (χ1n) is 10.7. The number of amides is 1. The minimum Gasteiger partial charge on any atom is -0.494 e. The van der Waals surface area contributed by atoms with E-state index in [1.54, 1.807) is 31.2 Å². The summed E-state index contributed by atoms with van der Waals surface area (Å²) < 4.78 is 6.84. The van der Waals surface area contributed by atoms with Crippen molar-refractivity contribution in [2.75, 3.05) is 6.61 Å². The molecular formula is C26H24N4O3. The Labute approximate surface area is 191 Å². The van der Waals surface area contributed by atoms with Gasteiger partial charge in [-0.2, -0.15) is 5.10 Å². The second-order valence-corrected chi connectivity index (χ2v) is 7.42. The van der Waals surface area contributed by atoms with Crippen LogP contribution >= 0.6 is 0 Å². The number of nitrogens with one attached hydrogen (secondary N) is 1. The zero-order valence-corrected chi connectivity index (χ0v) is 18.5. The van der Waals surface area contributed by atoms with Crippen LogP contribution in [0, 0.1) is 0 Å². The molecule has 166 valence electrons. The average molecular weight is 441 g/mol. The van der Waals surface area contributed by atoms with Crippen molar-refractivity contribution in [3.05, 3.63) is 106 Å². The quantitative estimate of drug-likeness (QED) is 0.348. The Morgan fingerprint density at radius 1 is 1.00 bits per heavy atom. The van der Waals surface area contributed by atoms with Crippen LogP contribution in [0.1, 0.15) is 35.6 Å². The van der Waals surface area contributed by atoms with Crippen molar-refractivity contribution in [3.8, 4) is 5.75 Å². The predicted octanol–water partition coefficient (Wildman–Crippen LogP) is 4.00. The molecule has 33 heavy (non-hydrogen) atoms. The van der Waals surface area contributed by atoms with Gasteiger partial charge in [0.15, 0.2) is 0 Å². The molecule has 1 N–H and O–H groups in total. The number of nitrogens with zero attached hydrogens (tertiary/aromatic N) is 3. The summed E-state index contributed by atoms with van der Waals surface area (Å²) in [5.41, 5.74) is 5.08. The summed E-state index contributed by atoms with van der Waals surface area (Å²) in [6, 6.07) is 23.9. The topological polar surface area (TPSA) is 85.6 Å². The van der Waals surface area contributed by atoms with Gasteiger partial charge in [-0.1, -0.05) is 42.5 Å². The Morgan fingerprint density at radius 3 is 2.42 bits per heavy atom. The van der Waals surface area contributed by atoms with Crippen molar-refractivity contribution in [2.45, 2.75) is 20.4 Å². The summed E-state index contributed by atoms with van der Waals surface area (Å²) in [7, 11) is 0. The van der Waals surface area contributed by atoms with E-state index in [0.29, 0.717) is 23.2 Å². The van der Waals surface area contributed by atoms with E-state index in [1.807, 2.05) is 61.5 Å². The highest BCUT2D eigenvalue weighted by Crippen LogP contribution is 2.13. The number of ether oxygens (including phenoxy) is 1. The molecule has 0 spiro atoms. The highest BCUT2D eigenvalue weighted by atomic mass is 16.5. The smallest absolute Gasteiger partial charge is 0.307 e. The molecule has 0 saturated heterocycles. The van der Waals surface area contributed by atoms with Crippen LogP contribution in [0.3, 0.4) is 0 Å². The zero-order chi connectivity index (χ0) is 23.2. The average Bonchev–Trinajstić information content (AvgIpc) is 2.85. The predicted molar refractivity (Wildman–Crippen MR) is 129 cm³/mol. The summed E-state index contributed by atoms with van der Waals surface area (Å²) in [6.07, 6.45) is 0. The van der Waals surface area contributed by atoms with E-state index in [9.17, 15) is 9.59 Å². The molecule has 0 saturated carbocycles. The van der Waals surface area contributed by atoms with Gasteiger partial charge < -0.3 is 4.74 Å². The largest absolute Gasteiger partial charge is 0.494 e. The molecule has 0 bridgehead atoms. The highest BCUT2D eigenvalue weighted by molar-refractivity contribution is 6.00. The molecule has 7 nitrogen and oxygen atoms in total. The number of fused-ring (bicyclic) bond motifs is 1. The minimum absolute atomic E-state index is 0.00537. The minimum atomic E-state index is -0.556.